The van der Waals surface area contributed by atoms with Crippen LogP contribution < -0.4 is 0 Å². The molecule has 0 aromatic rings. The van der Waals surface area contributed by atoms with E-state index in [1.54, 1.807) is 8.61 Å². The van der Waals surface area contributed by atoms with E-state index in [1.807, 2.05) is 0 Å². The summed E-state index contributed by atoms with van der Waals surface area (Å²) in [6, 6.07) is 0.236. The lowest BCUT2D eigenvalue weighted by Gasteiger charge is -2.36. The van der Waals surface area contributed by atoms with Crippen LogP contribution in [-0.2, 0) is 10.2 Å². The van der Waals surface area contributed by atoms with Crippen molar-refractivity contribution in [3.8, 4) is 0 Å². The van der Waals surface area contributed by atoms with Crippen molar-refractivity contribution in [2.45, 2.75) is 51.5 Å². The highest BCUT2D eigenvalue weighted by molar-refractivity contribution is 7.86. The summed E-state index contributed by atoms with van der Waals surface area (Å²) in [5.74, 6) is 0. The van der Waals surface area contributed by atoms with Crippen LogP contribution in [-0.4, -0.2) is 42.7 Å². The molecule has 5 heteroatoms. The number of hydrogen-bond donors (Lipinski definition) is 0. The Morgan fingerprint density at radius 2 is 1.69 bits per heavy atom. The molecular weight excluding hydrogens is 224 g/mol. The monoisotopic (exact) mass is 246 g/mol. The van der Waals surface area contributed by atoms with Gasteiger partial charge in [0.05, 0.1) is 0 Å². The molecule has 0 aromatic heterocycles. The number of hydrogen-bond acceptors (Lipinski definition) is 2. The zero-order valence-corrected chi connectivity index (χ0v) is 10.9. The maximum absolute atomic E-state index is 12.4. The highest BCUT2D eigenvalue weighted by atomic mass is 32.2. The van der Waals surface area contributed by atoms with E-state index >= 15 is 0 Å². The van der Waals surface area contributed by atoms with Gasteiger partial charge in [0, 0.05) is 25.7 Å². The smallest absolute Gasteiger partial charge is 0.195 e. The fourth-order valence-electron chi connectivity index (χ4n) is 2.75. The molecule has 0 amide bonds. The van der Waals surface area contributed by atoms with Crippen LogP contribution >= 0.6 is 0 Å². The summed E-state index contributed by atoms with van der Waals surface area (Å²) in [7, 11) is -3.16. The number of piperidine rings is 1. The average molecular weight is 246 g/mol. The molecule has 0 aliphatic carbocycles. The molecule has 0 saturated carbocycles. The van der Waals surface area contributed by atoms with Crippen molar-refractivity contribution in [3.63, 3.8) is 0 Å². The minimum atomic E-state index is -3.16. The van der Waals surface area contributed by atoms with Crippen LogP contribution in [0.2, 0.25) is 0 Å². The lowest BCUT2D eigenvalue weighted by Crippen LogP contribution is -2.49. The van der Waals surface area contributed by atoms with Crippen LogP contribution in [0.3, 0.4) is 0 Å². The first kappa shape index (κ1) is 12.3. The maximum Gasteiger partial charge on any atom is 0.282 e. The van der Waals surface area contributed by atoms with Crippen molar-refractivity contribution >= 4 is 10.2 Å². The lowest BCUT2D eigenvalue weighted by molar-refractivity contribution is 0.231. The number of nitrogens with zero attached hydrogens (tertiary/aromatic N) is 2. The van der Waals surface area contributed by atoms with Gasteiger partial charge in [-0.1, -0.05) is 13.3 Å². The standard InChI is InChI=1S/C11H22N2O2S/c1-2-11-7-3-4-10-13(11)16(14,15)12-8-5-6-9-12/h11H,2-10H2,1H3. The van der Waals surface area contributed by atoms with Crippen molar-refractivity contribution in [2.75, 3.05) is 19.6 Å². The van der Waals surface area contributed by atoms with Crippen molar-refractivity contribution in [3.05, 3.63) is 0 Å². The molecule has 0 radical (unpaired) electrons. The normalized spacial score (nSPS) is 29.7. The molecule has 0 bridgehead atoms. The summed E-state index contributed by atoms with van der Waals surface area (Å²) < 4.78 is 28.2. The van der Waals surface area contributed by atoms with Crippen LogP contribution in [0.4, 0.5) is 0 Å². The van der Waals surface area contributed by atoms with Crippen LogP contribution in [0, 0.1) is 0 Å². The fourth-order valence-corrected chi connectivity index (χ4v) is 4.76. The van der Waals surface area contributed by atoms with Crippen LogP contribution in [0.15, 0.2) is 0 Å². The van der Waals surface area contributed by atoms with Gasteiger partial charge in [-0.25, -0.2) is 0 Å². The topological polar surface area (TPSA) is 40.6 Å². The molecule has 2 heterocycles. The van der Waals surface area contributed by atoms with Crippen LogP contribution in [0.5, 0.6) is 0 Å². The Bertz CT molecular complexity index is 323. The van der Waals surface area contributed by atoms with Gasteiger partial charge in [-0.2, -0.15) is 17.0 Å². The molecule has 2 aliphatic heterocycles. The molecule has 94 valence electrons. The Morgan fingerprint density at radius 1 is 1.06 bits per heavy atom. The SMILES string of the molecule is CCC1CCCCN1S(=O)(=O)N1CCCC1. The number of rotatable bonds is 3. The van der Waals surface area contributed by atoms with Crippen LogP contribution in [0.25, 0.3) is 0 Å². The Morgan fingerprint density at radius 3 is 2.31 bits per heavy atom. The fraction of sp³-hybridized carbons (Fsp3) is 1.00. The van der Waals surface area contributed by atoms with Crippen molar-refractivity contribution in [2.24, 2.45) is 0 Å². The lowest BCUT2D eigenvalue weighted by atomic mass is 10.0. The molecular formula is C11H22N2O2S. The first-order valence-electron chi connectivity index (χ1n) is 6.43. The van der Waals surface area contributed by atoms with E-state index in [1.165, 1.54) is 6.42 Å². The van der Waals surface area contributed by atoms with Crippen molar-refractivity contribution < 1.29 is 8.42 Å². The zero-order valence-electron chi connectivity index (χ0n) is 10.1. The van der Waals surface area contributed by atoms with Gasteiger partial charge in [-0.15, -0.1) is 0 Å². The predicted molar refractivity (Wildman–Crippen MR) is 64.4 cm³/mol. The Balaban J connectivity index is 2.13. The third-order valence-electron chi connectivity index (χ3n) is 3.73. The first-order chi connectivity index (χ1) is 7.66. The predicted octanol–water partition coefficient (Wildman–Crippen LogP) is 1.59. The second kappa shape index (κ2) is 5.02. The summed E-state index contributed by atoms with van der Waals surface area (Å²) in [5, 5.41) is 0. The highest BCUT2D eigenvalue weighted by Gasteiger charge is 2.36. The van der Waals surface area contributed by atoms with Crippen LogP contribution in [0.1, 0.15) is 45.4 Å². The van der Waals surface area contributed by atoms with Gasteiger partial charge in [-0.3, -0.25) is 0 Å². The van der Waals surface area contributed by atoms with Gasteiger partial charge in [0.25, 0.3) is 10.2 Å². The minimum absolute atomic E-state index is 0.236. The summed E-state index contributed by atoms with van der Waals surface area (Å²) in [6.45, 7) is 4.24. The van der Waals surface area contributed by atoms with E-state index in [0.29, 0.717) is 0 Å². The third kappa shape index (κ3) is 2.26. The molecule has 0 aromatic carbocycles. The second-order valence-electron chi connectivity index (χ2n) is 4.78. The summed E-state index contributed by atoms with van der Waals surface area (Å²) >= 11 is 0. The van der Waals surface area contributed by atoms with Gasteiger partial charge >= 0.3 is 0 Å². The molecule has 2 fully saturated rings. The second-order valence-corrected chi connectivity index (χ2v) is 6.66. The van der Waals surface area contributed by atoms with E-state index in [2.05, 4.69) is 6.92 Å². The van der Waals surface area contributed by atoms with Gasteiger partial charge in [0.2, 0.25) is 0 Å². The van der Waals surface area contributed by atoms with Crippen molar-refractivity contribution in [1.29, 1.82) is 0 Å². The van der Waals surface area contributed by atoms with E-state index in [9.17, 15) is 8.42 Å². The third-order valence-corrected chi connectivity index (χ3v) is 5.82. The summed E-state index contributed by atoms with van der Waals surface area (Å²) in [6.07, 6.45) is 6.19. The van der Waals surface area contributed by atoms with E-state index in [0.717, 1.165) is 51.7 Å². The highest BCUT2D eigenvalue weighted by Crippen LogP contribution is 2.26. The van der Waals surface area contributed by atoms with E-state index in [-0.39, 0.29) is 6.04 Å². The molecule has 0 N–H and O–H groups in total. The molecule has 1 unspecified atom stereocenters. The molecule has 2 rings (SSSR count). The van der Waals surface area contributed by atoms with Crippen molar-refractivity contribution in [1.82, 2.24) is 8.61 Å². The Kier molecular flexibility index (Phi) is 3.87. The van der Waals surface area contributed by atoms with E-state index in [4.69, 9.17) is 0 Å². The van der Waals surface area contributed by atoms with Gasteiger partial charge in [0.1, 0.15) is 0 Å². The molecule has 16 heavy (non-hydrogen) atoms. The van der Waals surface area contributed by atoms with Gasteiger partial charge < -0.3 is 0 Å². The summed E-state index contributed by atoms with van der Waals surface area (Å²) in [5.41, 5.74) is 0. The molecule has 2 saturated heterocycles. The first-order valence-corrected chi connectivity index (χ1v) is 7.83. The van der Waals surface area contributed by atoms with E-state index < -0.39 is 10.2 Å². The molecule has 2 aliphatic rings. The van der Waals surface area contributed by atoms with Gasteiger partial charge in [0.15, 0.2) is 0 Å². The Labute approximate surface area is 98.8 Å². The average Bonchev–Trinajstić information content (AvgIpc) is 2.83. The molecule has 4 nitrogen and oxygen atoms in total. The Hall–Kier alpha value is -0.130. The molecule has 1 atom stereocenters. The molecule has 0 spiro atoms. The summed E-state index contributed by atoms with van der Waals surface area (Å²) in [4.78, 5) is 0. The quantitative estimate of drug-likeness (QED) is 0.759. The largest absolute Gasteiger partial charge is 0.282 e. The zero-order chi connectivity index (χ0) is 11.6. The van der Waals surface area contributed by atoms with Gasteiger partial charge in [-0.05, 0) is 32.1 Å². The minimum Gasteiger partial charge on any atom is -0.195 e. The maximum atomic E-state index is 12.4.